The van der Waals surface area contributed by atoms with E-state index in [1.54, 1.807) is 12.3 Å². The van der Waals surface area contributed by atoms with Crippen molar-refractivity contribution >= 4 is 51.1 Å². The molecule has 0 fully saturated rings. The first-order valence-corrected chi connectivity index (χ1v) is 10.5. The van der Waals surface area contributed by atoms with E-state index in [0.29, 0.717) is 30.2 Å². The number of halogens is 1. The monoisotopic (exact) mass is 492 g/mol. The first-order chi connectivity index (χ1) is 14.3. The van der Waals surface area contributed by atoms with Crippen LogP contribution in [0.4, 0.5) is 5.69 Å². The first kappa shape index (κ1) is 23.6. The van der Waals surface area contributed by atoms with Crippen LogP contribution in [0.5, 0.6) is 11.5 Å². The molecule has 2 aromatic rings. The molecule has 7 nitrogen and oxygen atoms in total. The number of ether oxygens (including phenoxy) is 2. The summed E-state index contributed by atoms with van der Waals surface area (Å²) in [6.45, 7) is 6.23. The van der Waals surface area contributed by atoms with E-state index in [9.17, 15) is 4.79 Å². The number of nitrogens with zero attached hydrogens (tertiary/aromatic N) is 1. The Labute approximate surface area is 190 Å². The summed E-state index contributed by atoms with van der Waals surface area (Å²) in [5.74, 6) is 0.792. The highest BCUT2D eigenvalue weighted by Gasteiger charge is 2.11. The van der Waals surface area contributed by atoms with E-state index in [0.717, 1.165) is 21.2 Å². The molecule has 0 aromatic heterocycles. The lowest BCUT2D eigenvalue weighted by Gasteiger charge is -2.14. The zero-order valence-electron chi connectivity index (χ0n) is 17.1. The predicted molar refractivity (Wildman–Crippen MR) is 127 cm³/mol. The lowest BCUT2D eigenvalue weighted by atomic mass is 10.1. The third kappa shape index (κ3) is 7.31. The lowest BCUT2D eigenvalue weighted by molar-refractivity contribution is -0.118. The summed E-state index contributed by atoms with van der Waals surface area (Å²) in [5.41, 5.74) is 11.7. The minimum atomic E-state index is -0.263. The Morgan fingerprint density at radius 1 is 1.20 bits per heavy atom. The number of aryl methyl sites for hydroxylation is 2. The fourth-order valence-corrected chi connectivity index (χ4v) is 3.14. The summed E-state index contributed by atoms with van der Waals surface area (Å²) in [4.78, 5) is 12.4. The third-order valence-electron chi connectivity index (χ3n) is 4.12. The number of carbonyl (C=O) groups is 1. The van der Waals surface area contributed by atoms with Gasteiger partial charge >= 0.3 is 0 Å². The maximum absolute atomic E-state index is 12.4. The smallest absolute Gasteiger partial charge is 0.262 e. The fourth-order valence-electron chi connectivity index (χ4n) is 2.53. The molecule has 0 spiro atoms. The summed E-state index contributed by atoms with van der Waals surface area (Å²) >= 11 is 8.16. The lowest BCUT2D eigenvalue weighted by Crippen LogP contribution is -2.24. The van der Waals surface area contributed by atoms with Crippen molar-refractivity contribution in [3.63, 3.8) is 0 Å². The van der Waals surface area contributed by atoms with Gasteiger partial charge in [0.1, 0.15) is 0 Å². The summed E-state index contributed by atoms with van der Waals surface area (Å²) in [6.07, 6.45) is 2.21. The molecule has 2 aromatic carbocycles. The summed E-state index contributed by atoms with van der Waals surface area (Å²) < 4.78 is 12.2. The van der Waals surface area contributed by atoms with Crippen LogP contribution in [0.1, 0.15) is 23.6 Å². The van der Waals surface area contributed by atoms with Gasteiger partial charge in [0.25, 0.3) is 5.91 Å². The normalized spacial score (nSPS) is 10.7. The maximum Gasteiger partial charge on any atom is 0.262 e. The molecule has 160 valence electrons. The van der Waals surface area contributed by atoms with E-state index in [2.05, 4.69) is 44.0 Å². The van der Waals surface area contributed by atoms with Crippen molar-refractivity contribution in [2.24, 2.45) is 10.8 Å². The number of hydrogen-bond donors (Lipinski definition) is 3. The van der Waals surface area contributed by atoms with Gasteiger partial charge in [-0.3, -0.25) is 10.2 Å². The van der Waals surface area contributed by atoms with Crippen molar-refractivity contribution in [3.05, 3.63) is 51.5 Å². The number of amides is 1. The molecule has 0 unspecified atom stereocenters. The zero-order chi connectivity index (χ0) is 22.1. The fraction of sp³-hybridized carbons (Fsp3) is 0.286. The molecule has 9 heteroatoms. The largest absolute Gasteiger partial charge is 0.490 e. The quantitative estimate of drug-likeness (QED) is 0.279. The van der Waals surface area contributed by atoms with Crippen molar-refractivity contribution in [1.29, 1.82) is 0 Å². The van der Waals surface area contributed by atoms with Gasteiger partial charge in [-0.2, -0.15) is 5.10 Å². The number of nitrogens with one attached hydrogen (secondary N) is 2. The number of nitrogens with two attached hydrogens (primary N) is 1. The molecule has 4 N–H and O–H groups in total. The van der Waals surface area contributed by atoms with Crippen molar-refractivity contribution in [1.82, 2.24) is 5.43 Å². The van der Waals surface area contributed by atoms with Crippen LogP contribution in [-0.2, 0) is 11.2 Å². The van der Waals surface area contributed by atoms with Crippen LogP contribution in [0, 0.1) is 13.8 Å². The van der Waals surface area contributed by atoms with E-state index in [-0.39, 0.29) is 17.6 Å². The molecule has 0 saturated carbocycles. The van der Waals surface area contributed by atoms with Crippen molar-refractivity contribution in [2.45, 2.75) is 27.2 Å². The van der Waals surface area contributed by atoms with Gasteiger partial charge in [0, 0.05) is 17.1 Å². The van der Waals surface area contributed by atoms with Gasteiger partial charge in [0.15, 0.2) is 23.2 Å². The Hall–Kier alpha value is -2.65. The predicted octanol–water partition coefficient (Wildman–Crippen LogP) is 3.84. The van der Waals surface area contributed by atoms with E-state index in [4.69, 9.17) is 15.2 Å². The van der Waals surface area contributed by atoms with Crippen LogP contribution in [0.2, 0.25) is 0 Å². The molecule has 1 amide bonds. The van der Waals surface area contributed by atoms with Crippen molar-refractivity contribution in [3.8, 4) is 11.5 Å². The Bertz CT molecular complexity index is 950. The highest BCUT2D eigenvalue weighted by Crippen LogP contribution is 2.29. The first-order valence-electron chi connectivity index (χ1n) is 9.32. The van der Waals surface area contributed by atoms with E-state index in [1.165, 1.54) is 0 Å². The third-order valence-corrected chi connectivity index (χ3v) is 4.86. The van der Waals surface area contributed by atoms with E-state index < -0.39 is 0 Å². The molecule has 30 heavy (non-hydrogen) atoms. The molecule has 0 radical (unpaired) electrons. The SMILES string of the molecule is CCOc1cc(C/C=N\NC(N)=S)ccc1OCC(=O)Nc1cc(C)c(C)cc1Br. The minimum absolute atomic E-state index is 0.108. The van der Waals surface area contributed by atoms with E-state index >= 15 is 0 Å². The van der Waals surface area contributed by atoms with Crippen LogP contribution in [-0.4, -0.2) is 30.4 Å². The maximum atomic E-state index is 12.4. The molecule has 0 aliphatic heterocycles. The number of carbonyl (C=O) groups excluding carboxylic acids is 1. The Morgan fingerprint density at radius 3 is 2.63 bits per heavy atom. The Balaban J connectivity index is 2.01. The molecule has 0 saturated heterocycles. The number of benzene rings is 2. The molecular formula is C21H25BrN4O3S. The van der Waals surface area contributed by atoms with Gasteiger partial charge in [0.05, 0.1) is 12.3 Å². The molecule has 2 rings (SSSR count). The summed E-state index contributed by atoms with van der Waals surface area (Å²) in [5, 5.41) is 6.88. The Morgan fingerprint density at radius 2 is 1.93 bits per heavy atom. The minimum Gasteiger partial charge on any atom is -0.490 e. The molecular weight excluding hydrogens is 468 g/mol. The van der Waals surface area contributed by atoms with E-state index in [1.807, 2.05) is 45.0 Å². The number of anilines is 1. The summed E-state index contributed by atoms with van der Waals surface area (Å²) in [6, 6.07) is 9.39. The number of hydrogen-bond acceptors (Lipinski definition) is 5. The summed E-state index contributed by atoms with van der Waals surface area (Å²) in [7, 11) is 0. The molecule has 0 atom stereocenters. The van der Waals surface area contributed by atoms with Gasteiger partial charge < -0.3 is 20.5 Å². The molecule has 0 aliphatic rings. The second kappa shape index (κ2) is 11.5. The van der Waals surface area contributed by atoms with Gasteiger partial charge in [-0.05, 0) is 89.9 Å². The zero-order valence-corrected chi connectivity index (χ0v) is 19.5. The van der Waals surface area contributed by atoms with Crippen LogP contribution in [0.3, 0.4) is 0 Å². The van der Waals surface area contributed by atoms with Crippen LogP contribution >= 0.6 is 28.1 Å². The van der Waals surface area contributed by atoms with Crippen molar-refractivity contribution in [2.75, 3.05) is 18.5 Å². The average Bonchev–Trinajstić information content (AvgIpc) is 2.69. The van der Waals surface area contributed by atoms with Gasteiger partial charge in [-0.25, -0.2) is 0 Å². The number of hydrazone groups is 1. The standard InChI is InChI=1S/C21H25BrN4O3S/c1-4-28-19-11-15(7-8-24-26-21(23)30)5-6-18(19)29-12-20(27)25-17-10-14(3)13(2)9-16(17)22/h5-6,8-11H,4,7,12H2,1-3H3,(H,25,27)(H3,23,26,30)/b24-8-. The van der Waals surface area contributed by atoms with Crippen LogP contribution < -0.4 is 25.9 Å². The highest BCUT2D eigenvalue weighted by molar-refractivity contribution is 9.10. The van der Waals surface area contributed by atoms with Crippen LogP contribution in [0.15, 0.2) is 39.9 Å². The molecule has 0 bridgehead atoms. The molecule has 0 aliphatic carbocycles. The molecule has 0 heterocycles. The van der Waals surface area contributed by atoms with Gasteiger partial charge in [-0.1, -0.05) is 6.07 Å². The number of rotatable bonds is 9. The topological polar surface area (TPSA) is 98.0 Å². The second-order valence-corrected chi connectivity index (χ2v) is 7.75. The van der Waals surface area contributed by atoms with Crippen molar-refractivity contribution < 1.29 is 14.3 Å². The average molecular weight is 493 g/mol. The number of thiocarbonyl (C=S) groups is 1. The highest BCUT2D eigenvalue weighted by atomic mass is 79.9. The van der Waals surface area contributed by atoms with Gasteiger partial charge in [-0.15, -0.1) is 0 Å². The van der Waals surface area contributed by atoms with Gasteiger partial charge in [0.2, 0.25) is 0 Å². The Kier molecular flexibility index (Phi) is 9.07. The second-order valence-electron chi connectivity index (χ2n) is 6.46. The van der Waals surface area contributed by atoms with Crippen LogP contribution in [0.25, 0.3) is 0 Å².